The number of anilines is 1. The van der Waals surface area contributed by atoms with E-state index in [2.05, 4.69) is 0 Å². The lowest BCUT2D eigenvalue weighted by Gasteiger charge is -2.29. The molecule has 112 valence electrons. The third-order valence-electron chi connectivity index (χ3n) is 3.60. The molecule has 0 aliphatic heterocycles. The molecule has 0 heterocycles. The third kappa shape index (κ3) is 3.17. The predicted octanol–water partition coefficient (Wildman–Crippen LogP) is 4.27. The number of halogens is 3. The Bertz CT molecular complexity index is 623. The molecule has 2 aromatic carbocycles. The second-order valence-corrected chi connectivity index (χ2v) is 5.33. The molecule has 0 aliphatic rings. The van der Waals surface area contributed by atoms with E-state index in [4.69, 9.17) is 17.3 Å². The smallest absolute Gasteiger partial charge is 0.149 e. The Labute approximate surface area is 128 Å². The van der Waals surface area contributed by atoms with Crippen molar-refractivity contribution in [3.63, 3.8) is 0 Å². The number of nitrogens with zero attached hydrogens (tertiary/aromatic N) is 1. The van der Waals surface area contributed by atoms with E-state index < -0.39 is 11.6 Å². The van der Waals surface area contributed by atoms with Crippen LogP contribution in [0.5, 0.6) is 0 Å². The first-order valence-electron chi connectivity index (χ1n) is 6.61. The molecule has 0 aliphatic carbocycles. The molecular formula is C16H17ClF2N2. The number of hydrogen-bond donors (Lipinski definition) is 1. The summed E-state index contributed by atoms with van der Waals surface area (Å²) in [5, 5.41) is 0.566. The van der Waals surface area contributed by atoms with E-state index in [9.17, 15) is 8.78 Å². The van der Waals surface area contributed by atoms with Crippen LogP contribution in [0.1, 0.15) is 24.1 Å². The van der Waals surface area contributed by atoms with Gasteiger partial charge in [-0.3, -0.25) is 0 Å². The van der Waals surface area contributed by atoms with E-state index in [-0.39, 0.29) is 18.3 Å². The highest BCUT2D eigenvalue weighted by molar-refractivity contribution is 6.31. The zero-order valence-electron chi connectivity index (χ0n) is 11.9. The van der Waals surface area contributed by atoms with Crippen LogP contribution in [-0.4, -0.2) is 7.05 Å². The Morgan fingerprint density at radius 2 is 1.76 bits per heavy atom. The molecule has 1 atom stereocenters. The lowest BCUT2D eigenvalue weighted by atomic mass is 10.1. The molecule has 2 aromatic rings. The minimum Gasteiger partial charge on any atom is -0.363 e. The van der Waals surface area contributed by atoms with Gasteiger partial charge < -0.3 is 10.6 Å². The maximum absolute atomic E-state index is 14.2. The fourth-order valence-electron chi connectivity index (χ4n) is 2.29. The van der Waals surface area contributed by atoms with E-state index in [1.54, 1.807) is 13.1 Å². The summed E-state index contributed by atoms with van der Waals surface area (Å²) in [5.41, 5.74) is 6.57. The summed E-state index contributed by atoms with van der Waals surface area (Å²) in [6.07, 6.45) is 0. The second-order valence-electron chi connectivity index (χ2n) is 4.92. The molecule has 0 saturated carbocycles. The fourth-order valence-corrected chi connectivity index (χ4v) is 2.58. The highest BCUT2D eigenvalue weighted by Gasteiger charge is 2.21. The number of nitrogens with two attached hydrogens (primary N) is 1. The molecule has 2 nitrogen and oxygen atoms in total. The Hall–Kier alpha value is -1.65. The van der Waals surface area contributed by atoms with Crippen LogP contribution in [0.2, 0.25) is 5.02 Å². The SMILES string of the molecule is CC(c1ccccc1Cl)N(C)c1c(F)cc(CN)cc1F. The Kier molecular flexibility index (Phi) is 4.80. The first-order chi connectivity index (χ1) is 9.95. The summed E-state index contributed by atoms with van der Waals surface area (Å²) in [6, 6.07) is 9.50. The van der Waals surface area contributed by atoms with Gasteiger partial charge in [0, 0.05) is 18.6 Å². The lowest BCUT2D eigenvalue weighted by Crippen LogP contribution is -2.24. The Morgan fingerprint density at radius 1 is 1.19 bits per heavy atom. The van der Waals surface area contributed by atoms with Gasteiger partial charge in [0.05, 0.1) is 6.04 Å². The molecule has 0 radical (unpaired) electrons. The summed E-state index contributed by atoms with van der Waals surface area (Å²) in [6.45, 7) is 1.94. The topological polar surface area (TPSA) is 29.3 Å². The molecule has 21 heavy (non-hydrogen) atoms. The van der Waals surface area contributed by atoms with Crippen molar-refractivity contribution in [3.05, 3.63) is 64.2 Å². The minimum atomic E-state index is -0.628. The van der Waals surface area contributed by atoms with E-state index in [0.717, 1.165) is 5.56 Å². The molecule has 0 aromatic heterocycles. The zero-order chi connectivity index (χ0) is 15.6. The third-order valence-corrected chi connectivity index (χ3v) is 3.95. The van der Waals surface area contributed by atoms with Crippen molar-refractivity contribution in [2.45, 2.75) is 19.5 Å². The highest BCUT2D eigenvalue weighted by atomic mass is 35.5. The quantitative estimate of drug-likeness (QED) is 0.913. The van der Waals surface area contributed by atoms with Gasteiger partial charge in [-0.2, -0.15) is 0 Å². The number of hydrogen-bond acceptors (Lipinski definition) is 2. The Balaban J connectivity index is 2.40. The average Bonchev–Trinajstić information content (AvgIpc) is 2.46. The molecule has 0 fully saturated rings. The van der Waals surface area contributed by atoms with Crippen molar-refractivity contribution in [1.29, 1.82) is 0 Å². The average molecular weight is 311 g/mol. The molecule has 0 saturated heterocycles. The normalized spacial score (nSPS) is 12.3. The van der Waals surface area contributed by atoms with Crippen molar-refractivity contribution in [2.75, 3.05) is 11.9 Å². The summed E-state index contributed by atoms with van der Waals surface area (Å²) < 4.78 is 28.3. The van der Waals surface area contributed by atoms with Crippen LogP contribution < -0.4 is 10.6 Å². The predicted molar refractivity (Wildman–Crippen MR) is 82.5 cm³/mol. The summed E-state index contributed by atoms with van der Waals surface area (Å²) >= 11 is 6.15. The van der Waals surface area contributed by atoms with E-state index in [1.165, 1.54) is 17.0 Å². The molecule has 0 bridgehead atoms. The van der Waals surface area contributed by atoms with Crippen molar-refractivity contribution < 1.29 is 8.78 Å². The maximum Gasteiger partial charge on any atom is 0.149 e. The van der Waals surface area contributed by atoms with Gasteiger partial charge in [-0.1, -0.05) is 29.8 Å². The van der Waals surface area contributed by atoms with E-state index >= 15 is 0 Å². The minimum absolute atomic E-state index is 0.0837. The molecule has 1 unspecified atom stereocenters. The second kappa shape index (κ2) is 6.41. The van der Waals surface area contributed by atoms with E-state index in [1.807, 2.05) is 25.1 Å². The standard InChI is InChI=1S/C16H17ClF2N2/c1-10(12-5-3-4-6-13(12)17)21(2)16-14(18)7-11(9-20)8-15(16)19/h3-8,10H,9,20H2,1-2H3. The van der Waals surface area contributed by atoms with Crippen molar-refractivity contribution in [1.82, 2.24) is 0 Å². The molecular weight excluding hydrogens is 294 g/mol. The van der Waals surface area contributed by atoms with Gasteiger partial charge in [0.25, 0.3) is 0 Å². The molecule has 0 amide bonds. The number of rotatable bonds is 4. The van der Waals surface area contributed by atoms with Crippen LogP contribution in [0.25, 0.3) is 0 Å². The largest absolute Gasteiger partial charge is 0.363 e. The van der Waals surface area contributed by atoms with Crippen LogP contribution in [0, 0.1) is 11.6 Å². The highest BCUT2D eigenvalue weighted by Crippen LogP contribution is 2.33. The monoisotopic (exact) mass is 310 g/mol. The fraction of sp³-hybridized carbons (Fsp3) is 0.250. The first kappa shape index (κ1) is 15.7. The van der Waals surface area contributed by atoms with Gasteiger partial charge in [0.15, 0.2) is 0 Å². The molecule has 5 heteroatoms. The first-order valence-corrected chi connectivity index (χ1v) is 6.98. The summed E-state index contributed by atoms with van der Waals surface area (Å²) in [7, 11) is 1.64. The van der Waals surface area contributed by atoms with Gasteiger partial charge in [-0.05, 0) is 36.2 Å². The van der Waals surface area contributed by atoms with Gasteiger partial charge in [0.1, 0.15) is 17.3 Å². The van der Waals surface area contributed by atoms with E-state index in [0.29, 0.717) is 10.6 Å². The number of benzene rings is 2. The maximum atomic E-state index is 14.2. The molecule has 0 spiro atoms. The van der Waals surface area contributed by atoms with Gasteiger partial charge >= 0.3 is 0 Å². The van der Waals surface area contributed by atoms with Gasteiger partial charge in [0.2, 0.25) is 0 Å². The van der Waals surface area contributed by atoms with Crippen LogP contribution in [-0.2, 0) is 6.54 Å². The Morgan fingerprint density at radius 3 is 2.29 bits per heavy atom. The van der Waals surface area contributed by atoms with Crippen LogP contribution in [0.3, 0.4) is 0 Å². The molecule has 2 rings (SSSR count). The summed E-state index contributed by atoms with van der Waals surface area (Å²) in [5.74, 6) is -1.26. The van der Waals surface area contributed by atoms with Gasteiger partial charge in [-0.15, -0.1) is 0 Å². The van der Waals surface area contributed by atoms with Crippen LogP contribution >= 0.6 is 11.6 Å². The van der Waals surface area contributed by atoms with Crippen molar-refractivity contribution >= 4 is 17.3 Å². The lowest BCUT2D eigenvalue weighted by molar-refractivity contribution is 0.562. The zero-order valence-corrected chi connectivity index (χ0v) is 12.7. The van der Waals surface area contributed by atoms with Crippen molar-refractivity contribution in [3.8, 4) is 0 Å². The summed E-state index contributed by atoms with van der Waals surface area (Å²) in [4.78, 5) is 1.53. The van der Waals surface area contributed by atoms with Crippen LogP contribution in [0.4, 0.5) is 14.5 Å². The van der Waals surface area contributed by atoms with Crippen LogP contribution in [0.15, 0.2) is 36.4 Å². The van der Waals surface area contributed by atoms with Crippen molar-refractivity contribution in [2.24, 2.45) is 5.73 Å². The molecule has 2 N–H and O–H groups in total. The van der Waals surface area contributed by atoms with Gasteiger partial charge in [-0.25, -0.2) is 8.78 Å².